The van der Waals surface area contributed by atoms with E-state index < -0.39 is 20.0 Å². The number of hydrogen-bond acceptors (Lipinski definition) is 5. The molecule has 26 heavy (non-hydrogen) atoms. The molecule has 0 spiro atoms. The van der Waals surface area contributed by atoms with Crippen molar-refractivity contribution in [2.24, 2.45) is 7.05 Å². The first-order valence-corrected chi connectivity index (χ1v) is 11.2. The highest BCUT2D eigenvalue weighted by molar-refractivity contribution is 7.89. The lowest BCUT2D eigenvalue weighted by atomic mass is 10.4. The van der Waals surface area contributed by atoms with Crippen LogP contribution in [0.1, 0.15) is 12.2 Å². The van der Waals surface area contributed by atoms with Gasteiger partial charge in [0, 0.05) is 39.4 Å². The fourth-order valence-electron chi connectivity index (χ4n) is 2.88. The van der Waals surface area contributed by atoms with Crippen molar-refractivity contribution < 1.29 is 16.8 Å². The molecule has 1 fully saturated rings. The van der Waals surface area contributed by atoms with E-state index in [4.69, 9.17) is 0 Å². The van der Waals surface area contributed by atoms with Crippen LogP contribution in [0.2, 0.25) is 0 Å². The summed E-state index contributed by atoms with van der Waals surface area (Å²) < 4.78 is 55.5. The lowest BCUT2D eigenvalue weighted by molar-refractivity contribution is 0.403. The maximum Gasteiger partial charge on any atom is 0.262 e. The van der Waals surface area contributed by atoms with Crippen molar-refractivity contribution >= 4 is 20.0 Å². The van der Waals surface area contributed by atoms with E-state index in [1.165, 1.54) is 14.8 Å². The molecule has 10 heteroatoms. The first-order chi connectivity index (χ1) is 12.2. The topological polar surface area (TPSA) is 92.6 Å². The smallest absolute Gasteiger partial charge is 0.262 e. The number of imidazole rings is 1. The quantitative estimate of drug-likeness (QED) is 0.760. The monoisotopic (exact) mass is 398 g/mol. The Balaban J connectivity index is 1.80. The number of rotatable bonds is 4. The van der Waals surface area contributed by atoms with E-state index in [-0.39, 0.29) is 36.1 Å². The van der Waals surface area contributed by atoms with Gasteiger partial charge in [0.1, 0.15) is 5.82 Å². The molecule has 0 bridgehead atoms. The fraction of sp³-hybridized carbons (Fsp3) is 0.438. The summed E-state index contributed by atoms with van der Waals surface area (Å²) in [5.74, 6) is 0.603. The minimum Gasteiger partial charge on any atom is -0.337 e. The average molecular weight is 399 g/mol. The van der Waals surface area contributed by atoms with Gasteiger partial charge in [0.25, 0.3) is 10.0 Å². The summed E-state index contributed by atoms with van der Waals surface area (Å²) in [6.45, 7) is 2.49. The Kier molecular flexibility index (Phi) is 5.20. The van der Waals surface area contributed by atoms with Crippen LogP contribution in [0.15, 0.2) is 46.5 Å². The first-order valence-electron chi connectivity index (χ1n) is 8.28. The lowest BCUT2D eigenvalue weighted by Gasteiger charge is -2.21. The molecule has 2 heterocycles. The number of aromatic nitrogens is 2. The number of benzene rings is 1. The molecule has 0 aliphatic carbocycles. The third-order valence-electron chi connectivity index (χ3n) is 4.49. The maximum atomic E-state index is 12.8. The Labute approximate surface area is 154 Å². The Bertz CT molecular complexity index is 965. The standard InChI is InChI=1S/C16H22N4O4S2/c1-14-17-16(13-18(14)2)26(23,24)20-10-6-9-19(11-12-20)25(21,22)15-7-4-3-5-8-15/h3-5,7-8,13H,6,9-12H2,1-2H3. The summed E-state index contributed by atoms with van der Waals surface area (Å²) in [6.07, 6.45) is 1.91. The van der Waals surface area contributed by atoms with E-state index in [1.807, 2.05) is 0 Å². The number of aryl methyl sites for hydroxylation is 2. The van der Waals surface area contributed by atoms with Crippen molar-refractivity contribution in [3.63, 3.8) is 0 Å². The number of hydrogen-bond donors (Lipinski definition) is 0. The van der Waals surface area contributed by atoms with E-state index >= 15 is 0 Å². The van der Waals surface area contributed by atoms with Crippen molar-refractivity contribution in [1.29, 1.82) is 0 Å². The van der Waals surface area contributed by atoms with E-state index in [0.29, 0.717) is 12.2 Å². The SMILES string of the molecule is Cc1nc(S(=O)(=O)N2CCCN(S(=O)(=O)c3ccccc3)CC2)cn1C. The Hall–Kier alpha value is -1.75. The highest BCUT2D eigenvalue weighted by Crippen LogP contribution is 2.21. The molecule has 0 atom stereocenters. The second-order valence-corrected chi connectivity index (χ2v) is 10.0. The minimum atomic E-state index is -3.74. The highest BCUT2D eigenvalue weighted by atomic mass is 32.2. The van der Waals surface area contributed by atoms with Gasteiger partial charge in [-0.2, -0.15) is 8.61 Å². The third-order valence-corrected chi connectivity index (χ3v) is 8.17. The molecular weight excluding hydrogens is 376 g/mol. The molecule has 8 nitrogen and oxygen atoms in total. The molecular formula is C16H22N4O4S2. The van der Waals surface area contributed by atoms with Crippen LogP contribution in [0.4, 0.5) is 0 Å². The highest BCUT2D eigenvalue weighted by Gasteiger charge is 2.32. The molecule has 0 N–H and O–H groups in total. The zero-order valence-electron chi connectivity index (χ0n) is 14.7. The second-order valence-electron chi connectivity index (χ2n) is 6.21. The predicted octanol–water partition coefficient (Wildman–Crippen LogP) is 0.814. The van der Waals surface area contributed by atoms with Crippen molar-refractivity contribution in [2.45, 2.75) is 23.3 Å². The van der Waals surface area contributed by atoms with Crippen molar-refractivity contribution in [3.8, 4) is 0 Å². The molecule has 3 rings (SSSR count). The molecule has 142 valence electrons. The zero-order chi connectivity index (χ0) is 18.9. The molecule has 2 aromatic rings. The van der Waals surface area contributed by atoms with E-state index in [0.717, 1.165) is 0 Å². The summed E-state index contributed by atoms with van der Waals surface area (Å²) in [5, 5.41) is -0.00290. The molecule has 0 unspecified atom stereocenters. The van der Waals surface area contributed by atoms with Gasteiger partial charge in [0.15, 0.2) is 5.03 Å². The summed E-state index contributed by atoms with van der Waals surface area (Å²) in [5.41, 5.74) is 0. The zero-order valence-corrected chi connectivity index (χ0v) is 16.4. The van der Waals surface area contributed by atoms with Crippen LogP contribution in [0.25, 0.3) is 0 Å². The van der Waals surface area contributed by atoms with Gasteiger partial charge < -0.3 is 4.57 Å². The molecule has 1 aromatic heterocycles. The van der Waals surface area contributed by atoms with Gasteiger partial charge in [0.2, 0.25) is 10.0 Å². The van der Waals surface area contributed by atoms with Gasteiger partial charge in [-0.25, -0.2) is 21.8 Å². The van der Waals surface area contributed by atoms with E-state index in [1.54, 1.807) is 48.9 Å². The normalized spacial score (nSPS) is 17.9. The second kappa shape index (κ2) is 7.10. The van der Waals surface area contributed by atoms with Crippen molar-refractivity contribution in [3.05, 3.63) is 42.4 Å². The summed E-state index contributed by atoms with van der Waals surface area (Å²) in [4.78, 5) is 4.32. The van der Waals surface area contributed by atoms with Crippen LogP contribution in [0, 0.1) is 6.92 Å². The van der Waals surface area contributed by atoms with Crippen LogP contribution in [0.5, 0.6) is 0 Å². The van der Waals surface area contributed by atoms with Crippen LogP contribution >= 0.6 is 0 Å². The fourth-order valence-corrected chi connectivity index (χ4v) is 5.86. The first kappa shape index (κ1) is 19.0. The van der Waals surface area contributed by atoms with Gasteiger partial charge in [-0.05, 0) is 25.5 Å². The largest absolute Gasteiger partial charge is 0.337 e. The van der Waals surface area contributed by atoms with Gasteiger partial charge in [-0.3, -0.25) is 0 Å². The Morgan fingerprint density at radius 2 is 1.46 bits per heavy atom. The van der Waals surface area contributed by atoms with Crippen LogP contribution < -0.4 is 0 Å². The van der Waals surface area contributed by atoms with Crippen LogP contribution in [-0.2, 0) is 27.1 Å². The summed E-state index contributed by atoms with van der Waals surface area (Å²) >= 11 is 0. The molecule has 0 saturated carbocycles. The number of nitrogens with zero attached hydrogens (tertiary/aromatic N) is 4. The van der Waals surface area contributed by atoms with Crippen molar-refractivity contribution in [1.82, 2.24) is 18.2 Å². The van der Waals surface area contributed by atoms with Gasteiger partial charge >= 0.3 is 0 Å². The molecule has 1 aliphatic rings. The molecule has 1 saturated heterocycles. The van der Waals surface area contributed by atoms with Crippen LogP contribution in [0.3, 0.4) is 0 Å². The minimum absolute atomic E-state index is 0.00290. The predicted molar refractivity (Wildman–Crippen MR) is 96.5 cm³/mol. The van der Waals surface area contributed by atoms with E-state index in [2.05, 4.69) is 4.98 Å². The maximum absolute atomic E-state index is 12.8. The van der Waals surface area contributed by atoms with E-state index in [9.17, 15) is 16.8 Å². The summed E-state index contributed by atoms with van der Waals surface area (Å²) in [6, 6.07) is 8.19. The van der Waals surface area contributed by atoms with Gasteiger partial charge in [-0.15, -0.1) is 0 Å². The molecule has 1 aliphatic heterocycles. The lowest BCUT2D eigenvalue weighted by Crippen LogP contribution is -2.37. The number of sulfonamides is 2. The van der Waals surface area contributed by atoms with Crippen LogP contribution in [-0.4, -0.2) is 61.2 Å². The Morgan fingerprint density at radius 3 is 2.00 bits per heavy atom. The Morgan fingerprint density at radius 1 is 0.885 bits per heavy atom. The van der Waals surface area contributed by atoms with Gasteiger partial charge in [0.05, 0.1) is 4.90 Å². The molecule has 0 amide bonds. The van der Waals surface area contributed by atoms with Gasteiger partial charge in [-0.1, -0.05) is 18.2 Å². The third kappa shape index (κ3) is 3.54. The molecule has 0 radical (unpaired) electrons. The van der Waals surface area contributed by atoms with Crippen molar-refractivity contribution in [2.75, 3.05) is 26.2 Å². The molecule has 1 aromatic carbocycles. The summed E-state index contributed by atoms with van der Waals surface area (Å²) in [7, 11) is -5.64. The average Bonchev–Trinajstić information content (AvgIpc) is 2.83.